The van der Waals surface area contributed by atoms with Gasteiger partial charge in [-0.2, -0.15) is 0 Å². The van der Waals surface area contributed by atoms with Crippen LogP contribution in [0, 0.1) is 0 Å². The number of fused-ring (bicyclic) bond motifs is 1. The van der Waals surface area contributed by atoms with Gasteiger partial charge in [0.2, 0.25) is 0 Å². The SMILES string of the molecule is CCc1cc2c(cc1C(C)NC(=O)OC(C)(C)C)NCCC2(C)C. The summed E-state index contributed by atoms with van der Waals surface area (Å²) in [6, 6.07) is 4.42. The molecule has 0 saturated heterocycles. The fourth-order valence-electron chi connectivity index (χ4n) is 3.28. The van der Waals surface area contributed by atoms with Crippen molar-refractivity contribution in [1.29, 1.82) is 0 Å². The van der Waals surface area contributed by atoms with Gasteiger partial charge in [-0.3, -0.25) is 0 Å². The normalized spacial score (nSPS) is 17.5. The summed E-state index contributed by atoms with van der Waals surface area (Å²) in [6.07, 6.45) is 1.70. The van der Waals surface area contributed by atoms with Gasteiger partial charge in [0.1, 0.15) is 5.60 Å². The first kappa shape index (κ1) is 18.6. The highest BCUT2D eigenvalue weighted by Crippen LogP contribution is 2.39. The van der Waals surface area contributed by atoms with Crippen molar-refractivity contribution in [3.63, 3.8) is 0 Å². The Morgan fingerprint density at radius 1 is 1.38 bits per heavy atom. The van der Waals surface area contributed by atoms with Crippen LogP contribution in [0.2, 0.25) is 0 Å². The predicted molar refractivity (Wildman–Crippen MR) is 99.7 cm³/mol. The average Bonchev–Trinajstić information content (AvgIpc) is 2.43. The van der Waals surface area contributed by atoms with Crippen molar-refractivity contribution >= 4 is 11.8 Å². The van der Waals surface area contributed by atoms with Crippen molar-refractivity contribution in [2.75, 3.05) is 11.9 Å². The quantitative estimate of drug-likeness (QED) is 0.825. The zero-order chi connectivity index (χ0) is 18.1. The maximum Gasteiger partial charge on any atom is 0.408 e. The van der Waals surface area contributed by atoms with E-state index in [0.29, 0.717) is 0 Å². The van der Waals surface area contributed by atoms with E-state index in [9.17, 15) is 4.79 Å². The van der Waals surface area contributed by atoms with Crippen molar-refractivity contribution in [1.82, 2.24) is 5.32 Å². The average molecular weight is 332 g/mol. The van der Waals surface area contributed by atoms with E-state index in [2.05, 4.69) is 43.5 Å². The summed E-state index contributed by atoms with van der Waals surface area (Å²) in [5, 5.41) is 6.48. The van der Waals surface area contributed by atoms with Gasteiger partial charge < -0.3 is 15.4 Å². The molecule has 2 N–H and O–H groups in total. The maximum absolute atomic E-state index is 12.1. The Balaban J connectivity index is 2.28. The number of carbonyl (C=O) groups excluding carboxylic acids is 1. The molecule has 0 aliphatic carbocycles. The van der Waals surface area contributed by atoms with Crippen molar-refractivity contribution in [3.8, 4) is 0 Å². The fraction of sp³-hybridized carbons (Fsp3) is 0.650. The fourth-order valence-corrected chi connectivity index (χ4v) is 3.28. The molecule has 0 spiro atoms. The van der Waals surface area contributed by atoms with Crippen LogP contribution in [-0.2, 0) is 16.6 Å². The molecular weight excluding hydrogens is 300 g/mol. The summed E-state index contributed by atoms with van der Waals surface area (Å²) in [7, 11) is 0. The Labute approximate surface area is 146 Å². The van der Waals surface area contributed by atoms with E-state index >= 15 is 0 Å². The van der Waals surface area contributed by atoms with Gasteiger partial charge in [-0.25, -0.2) is 4.79 Å². The summed E-state index contributed by atoms with van der Waals surface area (Å²) in [5.74, 6) is 0. The van der Waals surface area contributed by atoms with E-state index in [1.165, 1.54) is 16.8 Å². The van der Waals surface area contributed by atoms with Gasteiger partial charge in [0.25, 0.3) is 0 Å². The Morgan fingerprint density at radius 3 is 2.62 bits per heavy atom. The number of rotatable bonds is 3. The first-order valence-electron chi connectivity index (χ1n) is 8.94. The van der Waals surface area contributed by atoms with Crippen LogP contribution in [-0.4, -0.2) is 18.2 Å². The van der Waals surface area contributed by atoms with Crippen LogP contribution in [0.4, 0.5) is 10.5 Å². The van der Waals surface area contributed by atoms with E-state index in [0.717, 1.165) is 24.9 Å². The maximum atomic E-state index is 12.1. The van der Waals surface area contributed by atoms with Gasteiger partial charge in [-0.15, -0.1) is 0 Å². The van der Waals surface area contributed by atoms with Crippen LogP contribution in [0.5, 0.6) is 0 Å². The Kier molecular flexibility index (Phi) is 5.17. The van der Waals surface area contributed by atoms with Crippen LogP contribution in [0.25, 0.3) is 0 Å². The smallest absolute Gasteiger partial charge is 0.408 e. The second-order valence-electron chi connectivity index (χ2n) is 8.38. The predicted octanol–water partition coefficient (Wildman–Crippen LogP) is 4.93. The molecule has 1 aliphatic heterocycles. The summed E-state index contributed by atoms with van der Waals surface area (Å²) in [5.41, 5.74) is 4.71. The van der Waals surface area contributed by atoms with Gasteiger partial charge in [-0.05, 0) is 68.7 Å². The van der Waals surface area contributed by atoms with Crippen LogP contribution < -0.4 is 10.6 Å². The van der Waals surface area contributed by atoms with E-state index < -0.39 is 5.60 Å². The number of amides is 1. The van der Waals surface area contributed by atoms with E-state index in [4.69, 9.17) is 4.74 Å². The monoisotopic (exact) mass is 332 g/mol. The first-order valence-corrected chi connectivity index (χ1v) is 8.94. The molecule has 24 heavy (non-hydrogen) atoms. The summed E-state index contributed by atoms with van der Waals surface area (Å²) < 4.78 is 5.38. The van der Waals surface area contributed by atoms with Gasteiger partial charge in [0, 0.05) is 12.2 Å². The van der Waals surface area contributed by atoms with Crippen LogP contribution in [0.15, 0.2) is 12.1 Å². The zero-order valence-corrected chi connectivity index (χ0v) is 16.2. The molecule has 4 nitrogen and oxygen atoms in total. The van der Waals surface area contributed by atoms with Gasteiger partial charge >= 0.3 is 6.09 Å². The summed E-state index contributed by atoms with van der Waals surface area (Å²) >= 11 is 0. The van der Waals surface area contributed by atoms with Gasteiger partial charge in [0.05, 0.1) is 6.04 Å². The van der Waals surface area contributed by atoms with Crippen molar-refractivity contribution in [2.24, 2.45) is 0 Å². The highest BCUT2D eigenvalue weighted by atomic mass is 16.6. The second kappa shape index (κ2) is 6.66. The highest BCUT2D eigenvalue weighted by molar-refractivity contribution is 5.69. The molecule has 4 heteroatoms. The van der Waals surface area contributed by atoms with Crippen molar-refractivity contribution in [3.05, 3.63) is 28.8 Å². The largest absolute Gasteiger partial charge is 0.444 e. The molecule has 0 radical (unpaired) electrons. The molecule has 2 rings (SSSR count). The number of benzene rings is 1. The lowest BCUT2D eigenvalue weighted by Crippen LogP contribution is -2.34. The molecule has 1 amide bonds. The lowest BCUT2D eigenvalue weighted by atomic mass is 9.76. The standard InChI is InChI=1S/C20H32N2O2/c1-8-14-11-16-17(21-10-9-20(16,6)7)12-15(14)13(2)22-18(23)24-19(3,4)5/h11-13,21H,8-10H2,1-7H3,(H,22,23). The van der Waals surface area contributed by atoms with E-state index in [1.54, 1.807) is 0 Å². The molecule has 1 aromatic carbocycles. The number of aryl methyl sites for hydroxylation is 1. The summed E-state index contributed by atoms with van der Waals surface area (Å²) in [4.78, 5) is 12.1. The minimum atomic E-state index is -0.487. The molecule has 0 aromatic heterocycles. The number of nitrogens with one attached hydrogen (secondary N) is 2. The Bertz CT molecular complexity index is 615. The molecule has 134 valence electrons. The topological polar surface area (TPSA) is 50.4 Å². The number of carbonyl (C=O) groups is 1. The molecule has 1 heterocycles. The number of anilines is 1. The first-order chi connectivity index (χ1) is 11.0. The summed E-state index contributed by atoms with van der Waals surface area (Å²) in [6.45, 7) is 15.4. The van der Waals surface area contributed by atoms with Crippen LogP contribution in [0.1, 0.15) is 77.6 Å². The van der Waals surface area contributed by atoms with Crippen LogP contribution >= 0.6 is 0 Å². The number of alkyl carbamates (subject to hydrolysis) is 1. The molecule has 1 aliphatic rings. The van der Waals surface area contributed by atoms with Gasteiger partial charge in [-0.1, -0.05) is 26.8 Å². The molecule has 0 saturated carbocycles. The minimum Gasteiger partial charge on any atom is -0.444 e. The molecule has 0 bridgehead atoms. The second-order valence-corrected chi connectivity index (χ2v) is 8.38. The van der Waals surface area contributed by atoms with Gasteiger partial charge in [0.15, 0.2) is 0 Å². The Morgan fingerprint density at radius 2 is 2.04 bits per heavy atom. The third kappa shape index (κ3) is 4.22. The lowest BCUT2D eigenvalue weighted by molar-refractivity contribution is 0.0508. The number of ether oxygens (including phenoxy) is 1. The molecule has 1 aromatic rings. The Hall–Kier alpha value is -1.71. The molecule has 1 unspecified atom stereocenters. The lowest BCUT2D eigenvalue weighted by Gasteiger charge is -2.35. The van der Waals surface area contributed by atoms with Crippen molar-refractivity contribution in [2.45, 2.75) is 78.4 Å². The number of hydrogen-bond donors (Lipinski definition) is 2. The molecule has 1 atom stereocenters. The molecule has 0 fully saturated rings. The van der Waals surface area contributed by atoms with Crippen molar-refractivity contribution < 1.29 is 9.53 Å². The third-order valence-electron chi connectivity index (χ3n) is 4.65. The highest BCUT2D eigenvalue weighted by Gasteiger charge is 2.29. The number of hydrogen-bond acceptors (Lipinski definition) is 3. The minimum absolute atomic E-state index is 0.0908. The zero-order valence-electron chi connectivity index (χ0n) is 16.2. The molecular formula is C20H32N2O2. The van der Waals surface area contributed by atoms with Crippen LogP contribution in [0.3, 0.4) is 0 Å². The van der Waals surface area contributed by atoms with E-state index in [-0.39, 0.29) is 17.6 Å². The third-order valence-corrected chi connectivity index (χ3v) is 4.65. The van der Waals surface area contributed by atoms with E-state index in [1.807, 2.05) is 27.7 Å².